The lowest BCUT2D eigenvalue weighted by Crippen LogP contribution is -2.01. The summed E-state index contributed by atoms with van der Waals surface area (Å²) in [7, 11) is 0. The van der Waals surface area contributed by atoms with Crippen LogP contribution in [0.4, 0.5) is 0 Å². The predicted molar refractivity (Wildman–Crippen MR) is 56.3 cm³/mol. The summed E-state index contributed by atoms with van der Waals surface area (Å²) < 4.78 is 5.07. The third kappa shape index (κ3) is 3.90. The van der Waals surface area contributed by atoms with Crippen LogP contribution >= 0.6 is 11.6 Å². The maximum atomic E-state index is 10.4. The number of hydrogen-bond acceptors (Lipinski definition) is 2. The van der Waals surface area contributed by atoms with Gasteiger partial charge in [0.1, 0.15) is 6.61 Å². The molecule has 76 valence electrons. The van der Waals surface area contributed by atoms with Gasteiger partial charge < -0.3 is 4.74 Å². The zero-order valence-electron chi connectivity index (χ0n) is 8.13. The largest absolute Gasteiger partial charge is 0.368 e. The van der Waals surface area contributed by atoms with Gasteiger partial charge in [-0.15, -0.1) is 0 Å². The Morgan fingerprint density at radius 3 is 2.36 bits per heavy atom. The Labute approximate surface area is 88.8 Å². The van der Waals surface area contributed by atoms with Gasteiger partial charge in [0, 0.05) is 0 Å². The summed E-state index contributed by atoms with van der Waals surface area (Å²) >= 11 is 5.13. The Balaban J connectivity index is 2.40. The third-order valence-corrected chi connectivity index (χ3v) is 2.02. The van der Waals surface area contributed by atoms with Crippen LogP contribution in [0.1, 0.15) is 18.1 Å². The Morgan fingerprint density at radius 2 is 1.86 bits per heavy atom. The first-order valence-electron chi connectivity index (χ1n) is 4.56. The predicted octanol–water partition coefficient (Wildman–Crippen LogP) is 2.53. The van der Waals surface area contributed by atoms with Crippen LogP contribution in [0.5, 0.6) is 0 Å². The van der Waals surface area contributed by atoms with Gasteiger partial charge in [0.2, 0.25) is 5.24 Å². The average molecular weight is 213 g/mol. The molecular formula is C11H13ClO2. The van der Waals surface area contributed by atoms with Gasteiger partial charge in [-0.05, 0) is 29.1 Å². The summed E-state index contributed by atoms with van der Waals surface area (Å²) in [5.41, 5.74) is 2.35. The summed E-state index contributed by atoms with van der Waals surface area (Å²) in [6.07, 6.45) is 1.03. The van der Waals surface area contributed by atoms with Crippen LogP contribution in [0, 0.1) is 0 Å². The molecule has 0 fully saturated rings. The maximum absolute atomic E-state index is 10.4. The quantitative estimate of drug-likeness (QED) is 0.702. The van der Waals surface area contributed by atoms with E-state index in [4.69, 9.17) is 16.3 Å². The second-order valence-electron chi connectivity index (χ2n) is 3.02. The van der Waals surface area contributed by atoms with Crippen molar-refractivity contribution in [1.82, 2.24) is 0 Å². The first kappa shape index (κ1) is 11.2. The van der Waals surface area contributed by atoms with Crippen LogP contribution in [0.2, 0.25) is 0 Å². The van der Waals surface area contributed by atoms with Crippen molar-refractivity contribution in [2.75, 3.05) is 6.61 Å². The van der Waals surface area contributed by atoms with E-state index in [2.05, 4.69) is 19.1 Å². The second-order valence-corrected chi connectivity index (χ2v) is 3.44. The molecule has 0 unspecified atom stereocenters. The first-order chi connectivity index (χ1) is 6.72. The average Bonchev–Trinajstić information content (AvgIpc) is 2.18. The molecule has 0 aromatic heterocycles. The van der Waals surface area contributed by atoms with Crippen LogP contribution in [-0.2, 0) is 22.6 Å². The highest BCUT2D eigenvalue weighted by atomic mass is 35.5. The van der Waals surface area contributed by atoms with Crippen LogP contribution in [0.25, 0.3) is 0 Å². The van der Waals surface area contributed by atoms with Gasteiger partial charge in [-0.25, -0.2) is 0 Å². The molecule has 0 saturated carbocycles. The van der Waals surface area contributed by atoms with Crippen molar-refractivity contribution < 1.29 is 9.53 Å². The molecule has 0 aliphatic heterocycles. The fourth-order valence-electron chi connectivity index (χ4n) is 1.12. The SMILES string of the molecule is CCc1ccc(COCC(=O)Cl)cc1. The maximum Gasteiger partial charge on any atom is 0.247 e. The van der Waals surface area contributed by atoms with Gasteiger partial charge in [0.15, 0.2) is 0 Å². The van der Waals surface area contributed by atoms with E-state index in [0.29, 0.717) is 6.61 Å². The Bertz CT molecular complexity index is 293. The molecule has 0 bridgehead atoms. The number of aryl methyl sites for hydroxylation is 1. The van der Waals surface area contributed by atoms with Crippen molar-refractivity contribution in [3.63, 3.8) is 0 Å². The van der Waals surface area contributed by atoms with Crippen molar-refractivity contribution in [3.8, 4) is 0 Å². The summed E-state index contributed by atoms with van der Waals surface area (Å²) in [5.74, 6) is 0. The highest BCUT2D eigenvalue weighted by Crippen LogP contribution is 2.06. The summed E-state index contributed by atoms with van der Waals surface area (Å²) in [6, 6.07) is 8.11. The van der Waals surface area contributed by atoms with E-state index in [1.165, 1.54) is 5.56 Å². The molecule has 0 N–H and O–H groups in total. The molecule has 0 heterocycles. The molecule has 14 heavy (non-hydrogen) atoms. The third-order valence-electron chi connectivity index (χ3n) is 1.92. The topological polar surface area (TPSA) is 26.3 Å². The number of benzene rings is 1. The van der Waals surface area contributed by atoms with Crippen LogP contribution in [0.3, 0.4) is 0 Å². The minimum absolute atomic E-state index is 0.0307. The normalized spacial score (nSPS) is 10.1. The summed E-state index contributed by atoms with van der Waals surface area (Å²) in [4.78, 5) is 10.4. The Morgan fingerprint density at radius 1 is 1.29 bits per heavy atom. The zero-order valence-corrected chi connectivity index (χ0v) is 8.88. The van der Waals surface area contributed by atoms with Crippen LogP contribution < -0.4 is 0 Å². The first-order valence-corrected chi connectivity index (χ1v) is 4.94. The Kier molecular flexibility index (Phi) is 4.63. The zero-order chi connectivity index (χ0) is 10.4. The molecule has 0 aliphatic rings. The number of ether oxygens (including phenoxy) is 1. The summed E-state index contributed by atoms with van der Waals surface area (Å²) in [5, 5.41) is -0.463. The number of carbonyl (C=O) groups excluding carboxylic acids is 1. The molecular weight excluding hydrogens is 200 g/mol. The molecule has 2 nitrogen and oxygen atoms in total. The van der Waals surface area contributed by atoms with E-state index < -0.39 is 5.24 Å². The molecule has 3 heteroatoms. The van der Waals surface area contributed by atoms with E-state index >= 15 is 0 Å². The number of hydrogen-bond donors (Lipinski definition) is 0. The van der Waals surface area contributed by atoms with Crippen LogP contribution in [-0.4, -0.2) is 11.8 Å². The molecule has 0 aliphatic carbocycles. The van der Waals surface area contributed by atoms with Gasteiger partial charge in [0.05, 0.1) is 6.61 Å². The minimum Gasteiger partial charge on any atom is -0.368 e. The fraction of sp³-hybridized carbons (Fsp3) is 0.364. The standard InChI is InChI=1S/C11H13ClO2/c1-2-9-3-5-10(6-4-9)7-14-8-11(12)13/h3-6H,2,7-8H2,1H3. The molecule has 0 atom stereocenters. The number of halogens is 1. The number of carbonyl (C=O) groups is 1. The van der Waals surface area contributed by atoms with Gasteiger partial charge >= 0.3 is 0 Å². The second kappa shape index (κ2) is 5.78. The van der Waals surface area contributed by atoms with Gasteiger partial charge in [-0.3, -0.25) is 4.79 Å². The van der Waals surface area contributed by atoms with Crippen molar-refractivity contribution in [2.45, 2.75) is 20.0 Å². The molecule has 0 amide bonds. The van der Waals surface area contributed by atoms with Crippen molar-refractivity contribution in [3.05, 3.63) is 35.4 Å². The van der Waals surface area contributed by atoms with E-state index in [0.717, 1.165) is 12.0 Å². The molecule has 0 radical (unpaired) electrons. The van der Waals surface area contributed by atoms with Crippen molar-refractivity contribution >= 4 is 16.8 Å². The smallest absolute Gasteiger partial charge is 0.247 e. The van der Waals surface area contributed by atoms with Crippen molar-refractivity contribution in [2.24, 2.45) is 0 Å². The van der Waals surface area contributed by atoms with Gasteiger partial charge in [0.25, 0.3) is 0 Å². The van der Waals surface area contributed by atoms with E-state index in [9.17, 15) is 4.79 Å². The lowest BCUT2D eigenvalue weighted by molar-refractivity contribution is -0.116. The monoisotopic (exact) mass is 212 g/mol. The van der Waals surface area contributed by atoms with Gasteiger partial charge in [-0.1, -0.05) is 31.2 Å². The molecule has 1 aromatic carbocycles. The van der Waals surface area contributed by atoms with E-state index in [1.54, 1.807) is 0 Å². The molecule has 1 rings (SSSR count). The highest BCUT2D eigenvalue weighted by molar-refractivity contribution is 6.63. The van der Waals surface area contributed by atoms with Crippen molar-refractivity contribution in [1.29, 1.82) is 0 Å². The van der Waals surface area contributed by atoms with E-state index in [1.807, 2.05) is 12.1 Å². The fourth-order valence-corrected chi connectivity index (χ4v) is 1.20. The Hall–Kier alpha value is -0.860. The molecule has 0 spiro atoms. The minimum atomic E-state index is -0.463. The summed E-state index contributed by atoms with van der Waals surface area (Å²) in [6.45, 7) is 2.51. The van der Waals surface area contributed by atoms with Crippen LogP contribution in [0.15, 0.2) is 24.3 Å². The lowest BCUT2D eigenvalue weighted by Gasteiger charge is -2.02. The lowest BCUT2D eigenvalue weighted by atomic mass is 10.1. The highest BCUT2D eigenvalue weighted by Gasteiger charge is 1.97. The number of rotatable bonds is 5. The van der Waals surface area contributed by atoms with Gasteiger partial charge in [-0.2, -0.15) is 0 Å². The molecule has 0 saturated heterocycles. The van der Waals surface area contributed by atoms with E-state index in [-0.39, 0.29) is 6.61 Å². The molecule has 1 aromatic rings.